The number of carbonyl (C=O) groups is 1. The predicted octanol–water partition coefficient (Wildman–Crippen LogP) is 1.75. The van der Waals surface area contributed by atoms with Crippen LogP contribution in [-0.4, -0.2) is 54.2 Å². The number of aliphatic hydroxyl groups is 1. The lowest BCUT2D eigenvalue weighted by atomic mass is 10.0. The summed E-state index contributed by atoms with van der Waals surface area (Å²) in [6.45, 7) is 7.22. The summed E-state index contributed by atoms with van der Waals surface area (Å²) in [4.78, 5) is 14.6. The third-order valence-electron chi connectivity index (χ3n) is 4.33. The Labute approximate surface area is 157 Å². The Kier molecular flexibility index (Phi) is 11.2. The number of nitrogens with zero attached hydrogens (tertiary/aromatic N) is 1. The summed E-state index contributed by atoms with van der Waals surface area (Å²) in [5.74, 6) is -0.0235. The molecule has 1 aromatic carbocycles. The fourth-order valence-corrected chi connectivity index (χ4v) is 3.03. The van der Waals surface area contributed by atoms with E-state index in [0.717, 1.165) is 13.1 Å². The maximum Gasteiger partial charge on any atom is 0.237 e. The number of nitrogens with one attached hydrogen (secondary N) is 2. The van der Waals surface area contributed by atoms with Crippen molar-refractivity contribution in [3.63, 3.8) is 0 Å². The first-order valence-electron chi connectivity index (χ1n) is 8.13. The van der Waals surface area contributed by atoms with Crippen LogP contribution in [0.4, 0.5) is 0 Å². The van der Waals surface area contributed by atoms with Crippen molar-refractivity contribution in [3.05, 3.63) is 35.9 Å². The van der Waals surface area contributed by atoms with E-state index in [1.54, 1.807) is 0 Å². The third kappa shape index (κ3) is 6.22. The van der Waals surface area contributed by atoms with Crippen LogP contribution in [0.1, 0.15) is 31.9 Å². The summed E-state index contributed by atoms with van der Waals surface area (Å²) in [6, 6.07) is 10.2. The molecule has 0 bridgehead atoms. The molecule has 1 aromatic rings. The quantitative estimate of drug-likeness (QED) is 0.677. The van der Waals surface area contributed by atoms with Crippen LogP contribution in [0.25, 0.3) is 0 Å². The largest absolute Gasteiger partial charge is 0.392 e. The fourth-order valence-electron chi connectivity index (χ4n) is 3.03. The average Bonchev–Trinajstić information content (AvgIpc) is 2.98. The lowest BCUT2D eigenvalue weighted by Gasteiger charge is -2.30. The van der Waals surface area contributed by atoms with Crippen LogP contribution >= 0.6 is 24.8 Å². The summed E-state index contributed by atoms with van der Waals surface area (Å²) in [6.07, 6.45) is 0.0797. The van der Waals surface area contributed by atoms with Crippen LogP contribution in [0.15, 0.2) is 30.3 Å². The normalized spacial score (nSPS) is 20.8. The number of aliphatic hydroxyl groups excluding tert-OH is 1. The first-order valence-corrected chi connectivity index (χ1v) is 8.13. The third-order valence-corrected chi connectivity index (χ3v) is 4.33. The standard InChI is InChI=1S/C17H27N3O2.2ClH/c1-3-20(4-2)16(13-8-6-5-7-9-13)12-19-17(22)15-10-14(21)11-18-15;;/h5-9,14-16,18,21H,3-4,10-12H2,1-2H3,(H,19,22);2*1H. The number of likely N-dealkylation sites (N-methyl/N-ethyl adjacent to an activating group) is 1. The van der Waals surface area contributed by atoms with Crippen molar-refractivity contribution in [2.75, 3.05) is 26.2 Å². The SMILES string of the molecule is CCN(CC)C(CNC(=O)C1CC(O)CN1)c1ccccc1.Cl.Cl. The van der Waals surface area contributed by atoms with Crippen molar-refractivity contribution >= 4 is 30.7 Å². The second-order valence-electron chi connectivity index (χ2n) is 5.74. The Hall–Kier alpha value is -0.850. The van der Waals surface area contributed by atoms with E-state index in [-0.39, 0.29) is 42.8 Å². The number of carbonyl (C=O) groups excluding carboxylic acids is 1. The van der Waals surface area contributed by atoms with Gasteiger partial charge in [-0.25, -0.2) is 0 Å². The summed E-state index contributed by atoms with van der Waals surface area (Å²) in [5, 5.41) is 15.6. The summed E-state index contributed by atoms with van der Waals surface area (Å²) >= 11 is 0. The number of amides is 1. The van der Waals surface area contributed by atoms with Crippen molar-refractivity contribution in [2.45, 2.75) is 38.5 Å². The number of rotatable bonds is 7. The Morgan fingerprint density at radius 3 is 2.42 bits per heavy atom. The molecule has 2 rings (SSSR count). The number of halogens is 2. The zero-order chi connectivity index (χ0) is 15.9. The van der Waals surface area contributed by atoms with E-state index in [1.807, 2.05) is 18.2 Å². The number of benzene rings is 1. The second kappa shape index (κ2) is 11.7. The van der Waals surface area contributed by atoms with Gasteiger partial charge in [0.2, 0.25) is 5.91 Å². The molecule has 3 unspecified atom stereocenters. The first-order chi connectivity index (χ1) is 10.7. The first kappa shape index (κ1) is 23.1. The highest BCUT2D eigenvalue weighted by molar-refractivity contribution is 5.85. The van der Waals surface area contributed by atoms with Crippen molar-refractivity contribution in [3.8, 4) is 0 Å². The van der Waals surface area contributed by atoms with Gasteiger partial charge >= 0.3 is 0 Å². The van der Waals surface area contributed by atoms with Gasteiger partial charge in [0.1, 0.15) is 0 Å². The molecule has 24 heavy (non-hydrogen) atoms. The minimum Gasteiger partial charge on any atom is -0.392 e. The highest BCUT2D eigenvalue weighted by Gasteiger charge is 2.28. The van der Waals surface area contributed by atoms with Gasteiger partial charge in [0.25, 0.3) is 0 Å². The highest BCUT2D eigenvalue weighted by atomic mass is 35.5. The van der Waals surface area contributed by atoms with Gasteiger partial charge < -0.3 is 15.7 Å². The monoisotopic (exact) mass is 377 g/mol. The molecule has 5 nitrogen and oxygen atoms in total. The Morgan fingerprint density at radius 1 is 1.29 bits per heavy atom. The molecule has 1 aliphatic heterocycles. The van der Waals surface area contributed by atoms with Gasteiger partial charge in [-0.15, -0.1) is 24.8 Å². The lowest BCUT2D eigenvalue weighted by molar-refractivity contribution is -0.123. The Bertz CT molecular complexity index is 472. The van der Waals surface area contributed by atoms with Crippen molar-refractivity contribution < 1.29 is 9.90 Å². The molecule has 1 saturated heterocycles. The topological polar surface area (TPSA) is 64.6 Å². The minimum absolute atomic E-state index is 0. The van der Waals surface area contributed by atoms with Gasteiger partial charge in [-0.1, -0.05) is 44.2 Å². The molecule has 0 saturated carbocycles. The predicted molar refractivity (Wildman–Crippen MR) is 102 cm³/mol. The van der Waals surface area contributed by atoms with E-state index >= 15 is 0 Å². The van der Waals surface area contributed by atoms with Gasteiger partial charge in [-0.05, 0) is 25.1 Å². The van der Waals surface area contributed by atoms with Crippen LogP contribution in [-0.2, 0) is 4.79 Å². The molecule has 0 radical (unpaired) electrons. The Morgan fingerprint density at radius 2 is 1.92 bits per heavy atom. The van der Waals surface area contributed by atoms with Gasteiger partial charge in [0.05, 0.1) is 18.2 Å². The van der Waals surface area contributed by atoms with Crippen molar-refractivity contribution in [1.82, 2.24) is 15.5 Å². The maximum atomic E-state index is 12.2. The molecule has 138 valence electrons. The zero-order valence-corrected chi connectivity index (χ0v) is 15.9. The summed E-state index contributed by atoms with van der Waals surface area (Å²) < 4.78 is 0. The molecule has 0 aromatic heterocycles. The lowest BCUT2D eigenvalue weighted by Crippen LogP contribution is -2.44. The number of β-amino-alcohol motifs (C(OH)–C–C–N with tert-alkyl or cyclic N) is 1. The van der Waals surface area contributed by atoms with E-state index in [0.29, 0.717) is 19.5 Å². The van der Waals surface area contributed by atoms with Crippen LogP contribution < -0.4 is 10.6 Å². The summed E-state index contributed by atoms with van der Waals surface area (Å²) in [5.41, 5.74) is 1.21. The molecular formula is C17H29Cl2N3O2. The van der Waals surface area contributed by atoms with Crippen LogP contribution in [0.3, 0.4) is 0 Å². The molecule has 0 aliphatic carbocycles. The molecule has 3 N–H and O–H groups in total. The molecule has 3 atom stereocenters. The van der Waals surface area contributed by atoms with Gasteiger partial charge in [-0.2, -0.15) is 0 Å². The van der Waals surface area contributed by atoms with Gasteiger partial charge in [0, 0.05) is 13.1 Å². The average molecular weight is 378 g/mol. The molecule has 1 aliphatic rings. The minimum atomic E-state index is -0.413. The molecular weight excluding hydrogens is 349 g/mol. The van der Waals surface area contributed by atoms with E-state index in [1.165, 1.54) is 5.56 Å². The molecule has 1 heterocycles. The number of hydrogen-bond donors (Lipinski definition) is 3. The van der Waals surface area contributed by atoms with Crippen LogP contribution in [0.2, 0.25) is 0 Å². The van der Waals surface area contributed by atoms with Crippen molar-refractivity contribution in [2.24, 2.45) is 0 Å². The smallest absolute Gasteiger partial charge is 0.237 e. The maximum absolute atomic E-state index is 12.2. The fraction of sp³-hybridized carbons (Fsp3) is 0.588. The number of hydrogen-bond acceptors (Lipinski definition) is 4. The van der Waals surface area contributed by atoms with E-state index in [2.05, 4.69) is 41.5 Å². The molecule has 1 amide bonds. The van der Waals surface area contributed by atoms with Gasteiger partial charge in [0.15, 0.2) is 0 Å². The molecule has 0 spiro atoms. The van der Waals surface area contributed by atoms with E-state index in [9.17, 15) is 9.90 Å². The molecule has 7 heteroatoms. The highest BCUT2D eigenvalue weighted by Crippen LogP contribution is 2.19. The van der Waals surface area contributed by atoms with Crippen molar-refractivity contribution in [1.29, 1.82) is 0 Å². The molecule has 1 fully saturated rings. The van der Waals surface area contributed by atoms with Crippen LogP contribution in [0.5, 0.6) is 0 Å². The zero-order valence-electron chi connectivity index (χ0n) is 14.3. The Balaban J connectivity index is 0.00000264. The summed E-state index contributed by atoms with van der Waals surface area (Å²) in [7, 11) is 0. The second-order valence-corrected chi connectivity index (χ2v) is 5.74. The van der Waals surface area contributed by atoms with Gasteiger partial charge in [-0.3, -0.25) is 9.69 Å². The van der Waals surface area contributed by atoms with E-state index < -0.39 is 6.10 Å². The van der Waals surface area contributed by atoms with Crippen LogP contribution in [0, 0.1) is 0 Å². The van der Waals surface area contributed by atoms with E-state index in [4.69, 9.17) is 0 Å².